The maximum Gasteiger partial charge on any atom is 0.218 e. The summed E-state index contributed by atoms with van der Waals surface area (Å²) in [5.74, 6) is 1.47. The first-order valence-corrected chi connectivity index (χ1v) is 8.35. The maximum atomic E-state index is 5.95. The van der Waals surface area contributed by atoms with Gasteiger partial charge in [-0.05, 0) is 44.4 Å². The van der Waals surface area contributed by atoms with Gasteiger partial charge in [-0.15, -0.1) is 0 Å². The second-order valence-corrected chi connectivity index (χ2v) is 6.30. The van der Waals surface area contributed by atoms with Crippen molar-refractivity contribution in [1.82, 2.24) is 10.3 Å². The van der Waals surface area contributed by atoms with E-state index in [4.69, 9.17) is 4.74 Å². The minimum atomic E-state index is 0.655. The van der Waals surface area contributed by atoms with Crippen LogP contribution in [-0.4, -0.2) is 18.1 Å². The molecule has 0 saturated heterocycles. The van der Waals surface area contributed by atoms with Crippen LogP contribution in [0.15, 0.2) is 6.07 Å². The van der Waals surface area contributed by atoms with Crippen molar-refractivity contribution >= 4 is 0 Å². The summed E-state index contributed by atoms with van der Waals surface area (Å²) in [5.41, 5.74) is 3.50. The van der Waals surface area contributed by atoms with Crippen molar-refractivity contribution in [3.05, 3.63) is 22.9 Å². The van der Waals surface area contributed by atoms with Crippen LogP contribution in [0.1, 0.15) is 63.3 Å². The molecule has 0 spiro atoms. The monoisotopic (exact) mass is 292 g/mol. The number of rotatable bonds is 10. The fourth-order valence-corrected chi connectivity index (χ4v) is 2.35. The first kappa shape index (κ1) is 18.0. The number of nitrogens with zero attached hydrogens (tertiary/aromatic N) is 1. The molecule has 3 nitrogen and oxygen atoms in total. The van der Waals surface area contributed by atoms with Crippen molar-refractivity contribution in [1.29, 1.82) is 0 Å². The number of aryl methyl sites for hydroxylation is 2. The third-order valence-electron chi connectivity index (χ3n) is 3.53. The Hall–Kier alpha value is -1.09. The van der Waals surface area contributed by atoms with Crippen LogP contribution in [0.4, 0.5) is 0 Å². The van der Waals surface area contributed by atoms with E-state index in [-0.39, 0.29) is 0 Å². The zero-order valence-corrected chi connectivity index (χ0v) is 14.5. The molecule has 0 amide bonds. The molecule has 0 aliphatic heterocycles. The van der Waals surface area contributed by atoms with Crippen molar-refractivity contribution in [2.24, 2.45) is 5.92 Å². The molecule has 0 bridgehead atoms. The number of ether oxygens (including phenoxy) is 1. The predicted octanol–water partition coefficient (Wildman–Crippen LogP) is 4.40. The molecular weight excluding hydrogens is 260 g/mol. The van der Waals surface area contributed by atoms with Crippen LogP contribution in [0.2, 0.25) is 0 Å². The second kappa shape index (κ2) is 9.78. The third-order valence-corrected chi connectivity index (χ3v) is 3.53. The smallest absolute Gasteiger partial charge is 0.218 e. The molecule has 3 heteroatoms. The average molecular weight is 292 g/mol. The van der Waals surface area contributed by atoms with Crippen LogP contribution < -0.4 is 10.1 Å². The quantitative estimate of drug-likeness (QED) is 0.649. The van der Waals surface area contributed by atoms with Crippen molar-refractivity contribution in [3.8, 4) is 5.88 Å². The SMILES string of the molecule is CCCCCCOc1nc(C)cc(C)c1CNCC(C)C. The van der Waals surface area contributed by atoms with E-state index in [0.29, 0.717) is 5.92 Å². The summed E-state index contributed by atoms with van der Waals surface area (Å²) >= 11 is 0. The van der Waals surface area contributed by atoms with Crippen molar-refractivity contribution < 1.29 is 4.74 Å². The van der Waals surface area contributed by atoms with E-state index in [2.05, 4.69) is 44.1 Å². The van der Waals surface area contributed by atoms with Crippen LogP contribution in [0, 0.1) is 19.8 Å². The van der Waals surface area contributed by atoms with Gasteiger partial charge in [0, 0.05) is 17.8 Å². The number of pyridine rings is 1. The van der Waals surface area contributed by atoms with Gasteiger partial charge in [-0.3, -0.25) is 0 Å². The van der Waals surface area contributed by atoms with Crippen molar-refractivity contribution in [3.63, 3.8) is 0 Å². The predicted molar refractivity (Wildman–Crippen MR) is 89.9 cm³/mol. The first-order valence-electron chi connectivity index (χ1n) is 8.35. The van der Waals surface area contributed by atoms with Gasteiger partial charge in [-0.1, -0.05) is 40.0 Å². The lowest BCUT2D eigenvalue weighted by Crippen LogP contribution is -2.20. The summed E-state index contributed by atoms with van der Waals surface area (Å²) < 4.78 is 5.95. The molecule has 0 saturated carbocycles. The number of aromatic nitrogens is 1. The zero-order chi connectivity index (χ0) is 15.7. The number of unbranched alkanes of at least 4 members (excludes halogenated alkanes) is 3. The van der Waals surface area contributed by atoms with Crippen molar-refractivity contribution in [2.75, 3.05) is 13.2 Å². The van der Waals surface area contributed by atoms with Gasteiger partial charge in [0.15, 0.2) is 0 Å². The Labute approximate surface area is 130 Å². The van der Waals surface area contributed by atoms with E-state index >= 15 is 0 Å². The van der Waals surface area contributed by atoms with E-state index in [9.17, 15) is 0 Å². The van der Waals surface area contributed by atoms with E-state index in [1.165, 1.54) is 30.4 Å². The maximum absolute atomic E-state index is 5.95. The highest BCUT2D eigenvalue weighted by Crippen LogP contribution is 2.21. The molecule has 1 aromatic rings. The third kappa shape index (κ3) is 6.94. The average Bonchev–Trinajstić information content (AvgIpc) is 2.41. The molecule has 0 aromatic carbocycles. The largest absolute Gasteiger partial charge is 0.477 e. The molecule has 0 radical (unpaired) electrons. The summed E-state index contributed by atoms with van der Waals surface area (Å²) in [4.78, 5) is 4.59. The van der Waals surface area contributed by atoms with Gasteiger partial charge in [0.05, 0.1) is 6.61 Å². The lowest BCUT2D eigenvalue weighted by Gasteiger charge is -2.15. The first-order chi connectivity index (χ1) is 10.0. The fraction of sp³-hybridized carbons (Fsp3) is 0.722. The molecule has 1 heterocycles. The topological polar surface area (TPSA) is 34.1 Å². The van der Waals surface area contributed by atoms with Gasteiger partial charge in [-0.25, -0.2) is 4.98 Å². The molecule has 0 atom stereocenters. The molecule has 0 fully saturated rings. The molecule has 1 N–H and O–H groups in total. The highest BCUT2D eigenvalue weighted by Gasteiger charge is 2.10. The molecular formula is C18H32N2O. The molecule has 0 unspecified atom stereocenters. The van der Waals surface area contributed by atoms with Gasteiger partial charge >= 0.3 is 0 Å². The van der Waals surface area contributed by atoms with E-state index < -0.39 is 0 Å². The summed E-state index contributed by atoms with van der Waals surface area (Å²) in [6.45, 7) is 13.5. The number of nitrogens with one attached hydrogen (secondary N) is 1. The Morgan fingerprint density at radius 3 is 2.62 bits per heavy atom. The molecule has 0 aliphatic rings. The fourth-order valence-electron chi connectivity index (χ4n) is 2.35. The van der Waals surface area contributed by atoms with Crippen LogP contribution in [-0.2, 0) is 6.54 Å². The number of hydrogen-bond acceptors (Lipinski definition) is 3. The van der Waals surface area contributed by atoms with E-state index in [1.54, 1.807) is 0 Å². The van der Waals surface area contributed by atoms with E-state index in [0.717, 1.165) is 37.7 Å². The molecule has 120 valence electrons. The van der Waals surface area contributed by atoms with Gasteiger partial charge < -0.3 is 10.1 Å². The molecule has 0 aliphatic carbocycles. The Morgan fingerprint density at radius 2 is 1.95 bits per heavy atom. The minimum Gasteiger partial charge on any atom is -0.477 e. The molecule has 1 aromatic heterocycles. The summed E-state index contributed by atoms with van der Waals surface area (Å²) in [6.07, 6.45) is 4.89. The summed E-state index contributed by atoms with van der Waals surface area (Å²) in [5, 5.41) is 3.49. The van der Waals surface area contributed by atoms with Gasteiger partial charge in [0.1, 0.15) is 0 Å². The van der Waals surface area contributed by atoms with Crippen molar-refractivity contribution in [2.45, 2.75) is 66.8 Å². The van der Waals surface area contributed by atoms with Crippen LogP contribution in [0.5, 0.6) is 5.88 Å². The Kier molecular flexibility index (Phi) is 8.36. The Morgan fingerprint density at radius 1 is 1.19 bits per heavy atom. The minimum absolute atomic E-state index is 0.655. The lowest BCUT2D eigenvalue weighted by molar-refractivity contribution is 0.289. The second-order valence-electron chi connectivity index (χ2n) is 6.30. The highest BCUT2D eigenvalue weighted by atomic mass is 16.5. The van der Waals surface area contributed by atoms with Crippen LogP contribution in [0.3, 0.4) is 0 Å². The van der Waals surface area contributed by atoms with Crippen LogP contribution in [0.25, 0.3) is 0 Å². The van der Waals surface area contributed by atoms with Gasteiger partial charge in [0.25, 0.3) is 0 Å². The van der Waals surface area contributed by atoms with Gasteiger partial charge in [0.2, 0.25) is 5.88 Å². The standard InChI is InChI=1S/C18H32N2O/c1-6-7-8-9-10-21-18-17(13-19-12-14(2)3)15(4)11-16(5)20-18/h11,14,19H,6-10,12-13H2,1-5H3. The zero-order valence-electron chi connectivity index (χ0n) is 14.5. The Bertz CT molecular complexity index is 416. The Balaban J connectivity index is 2.62. The normalized spacial score (nSPS) is 11.1. The molecule has 1 rings (SSSR count). The van der Waals surface area contributed by atoms with Crippen LogP contribution >= 0.6 is 0 Å². The molecule has 21 heavy (non-hydrogen) atoms. The summed E-state index contributed by atoms with van der Waals surface area (Å²) in [7, 11) is 0. The summed E-state index contributed by atoms with van der Waals surface area (Å²) in [6, 6.07) is 2.14. The van der Waals surface area contributed by atoms with E-state index in [1.807, 2.05) is 6.92 Å². The lowest BCUT2D eigenvalue weighted by atomic mass is 10.1. The van der Waals surface area contributed by atoms with Gasteiger partial charge in [-0.2, -0.15) is 0 Å². The number of hydrogen-bond donors (Lipinski definition) is 1. The highest BCUT2D eigenvalue weighted by molar-refractivity contribution is 5.35.